The van der Waals surface area contributed by atoms with Crippen LogP contribution >= 0.6 is 0 Å². The molecule has 0 saturated heterocycles. The van der Waals surface area contributed by atoms with Gasteiger partial charge in [0.05, 0.1) is 37.4 Å². The van der Waals surface area contributed by atoms with E-state index in [1.54, 1.807) is 24.5 Å². The SMILES string of the molecule is COc1ccc(-c2[nH]ncc2[C@@H]2Nc3ccccc3C(=O)N2Cc2ccco2)cc1. The van der Waals surface area contributed by atoms with Gasteiger partial charge in [-0.15, -0.1) is 0 Å². The minimum atomic E-state index is -0.409. The normalized spacial score (nSPS) is 15.6. The number of anilines is 1. The molecule has 0 unspecified atom stereocenters. The van der Waals surface area contributed by atoms with E-state index in [2.05, 4.69) is 15.5 Å². The van der Waals surface area contributed by atoms with Crippen LogP contribution < -0.4 is 10.1 Å². The first-order valence-corrected chi connectivity index (χ1v) is 9.61. The highest BCUT2D eigenvalue weighted by molar-refractivity contribution is 6.01. The Morgan fingerprint density at radius 1 is 1.10 bits per heavy atom. The number of carbonyl (C=O) groups is 1. The van der Waals surface area contributed by atoms with Crippen molar-refractivity contribution in [1.82, 2.24) is 15.1 Å². The van der Waals surface area contributed by atoms with Gasteiger partial charge in [-0.25, -0.2) is 0 Å². The van der Waals surface area contributed by atoms with Crippen LogP contribution in [0.15, 0.2) is 77.5 Å². The van der Waals surface area contributed by atoms with E-state index in [4.69, 9.17) is 9.15 Å². The molecule has 7 nitrogen and oxygen atoms in total. The van der Waals surface area contributed by atoms with Gasteiger partial charge in [-0.3, -0.25) is 9.89 Å². The molecule has 7 heteroatoms. The fraction of sp³-hybridized carbons (Fsp3) is 0.130. The lowest BCUT2D eigenvalue weighted by molar-refractivity contribution is 0.0652. The molecule has 2 aromatic heterocycles. The van der Waals surface area contributed by atoms with Crippen molar-refractivity contribution >= 4 is 11.6 Å². The van der Waals surface area contributed by atoms with E-state index in [9.17, 15) is 4.79 Å². The quantitative estimate of drug-likeness (QED) is 0.517. The summed E-state index contributed by atoms with van der Waals surface area (Å²) in [5.41, 5.74) is 4.09. The predicted octanol–water partition coefficient (Wildman–Crippen LogP) is 4.45. The monoisotopic (exact) mass is 400 g/mol. The van der Waals surface area contributed by atoms with Crippen molar-refractivity contribution in [2.24, 2.45) is 0 Å². The van der Waals surface area contributed by atoms with Crippen molar-refractivity contribution in [3.05, 3.63) is 90.0 Å². The number of rotatable bonds is 5. The average molecular weight is 400 g/mol. The molecule has 0 aliphatic carbocycles. The first-order valence-electron chi connectivity index (χ1n) is 9.61. The van der Waals surface area contributed by atoms with Gasteiger partial charge in [0.2, 0.25) is 0 Å². The van der Waals surface area contributed by atoms with E-state index in [1.807, 2.05) is 60.7 Å². The topological polar surface area (TPSA) is 83.4 Å². The highest BCUT2D eigenvalue weighted by atomic mass is 16.5. The largest absolute Gasteiger partial charge is 0.497 e. The minimum absolute atomic E-state index is 0.0624. The smallest absolute Gasteiger partial charge is 0.258 e. The summed E-state index contributed by atoms with van der Waals surface area (Å²) in [5, 5.41) is 10.9. The van der Waals surface area contributed by atoms with Crippen molar-refractivity contribution in [2.75, 3.05) is 12.4 Å². The maximum atomic E-state index is 13.4. The summed E-state index contributed by atoms with van der Waals surface area (Å²) in [7, 11) is 1.64. The van der Waals surface area contributed by atoms with E-state index < -0.39 is 6.17 Å². The van der Waals surface area contributed by atoms with E-state index in [0.717, 1.165) is 28.3 Å². The van der Waals surface area contributed by atoms with Gasteiger partial charge in [0.1, 0.15) is 17.7 Å². The van der Waals surface area contributed by atoms with Crippen LogP contribution in [0.1, 0.15) is 27.8 Å². The van der Waals surface area contributed by atoms with Crippen LogP contribution in [0.3, 0.4) is 0 Å². The number of furan rings is 1. The molecule has 0 spiro atoms. The van der Waals surface area contributed by atoms with Crippen molar-refractivity contribution in [1.29, 1.82) is 0 Å². The molecule has 0 fully saturated rings. The number of nitrogens with one attached hydrogen (secondary N) is 2. The maximum Gasteiger partial charge on any atom is 0.258 e. The first kappa shape index (κ1) is 18.1. The summed E-state index contributed by atoms with van der Waals surface area (Å²) in [6, 6.07) is 18.9. The second-order valence-electron chi connectivity index (χ2n) is 7.03. The molecule has 2 aromatic carbocycles. The number of carbonyl (C=O) groups excluding carboxylic acids is 1. The maximum absolute atomic E-state index is 13.4. The molecular weight excluding hydrogens is 380 g/mol. The summed E-state index contributed by atoms with van der Waals surface area (Å²) in [6.45, 7) is 0.338. The first-order chi connectivity index (χ1) is 14.7. The second kappa shape index (κ2) is 7.44. The summed E-state index contributed by atoms with van der Waals surface area (Å²) < 4.78 is 10.8. The summed E-state index contributed by atoms with van der Waals surface area (Å²) in [4.78, 5) is 15.1. The van der Waals surface area contributed by atoms with Crippen LogP contribution in [0.25, 0.3) is 11.3 Å². The number of aromatic amines is 1. The van der Waals surface area contributed by atoms with Crippen LogP contribution in [0.4, 0.5) is 5.69 Å². The Morgan fingerprint density at radius 3 is 2.70 bits per heavy atom. The predicted molar refractivity (Wildman–Crippen MR) is 112 cm³/mol. The van der Waals surface area contributed by atoms with Gasteiger partial charge in [0, 0.05) is 16.8 Å². The van der Waals surface area contributed by atoms with Crippen LogP contribution in [-0.4, -0.2) is 28.1 Å². The van der Waals surface area contributed by atoms with E-state index in [0.29, 0.717) is 17.9 Å². The summed E-state index contributed by atoms with van der Waals surface area (Å²) >= 11 is 0. The zero-order valence-corrected chi connectivity index (χ0v) is 16.3. The molecule has 4 aromatic rings. The van der Waals surface area contributed by atoms with Crippen LogP contribution in [-0.2, 0) is 6.54 Å². The van der Waals surface area contributed by atoms with Crippen LogP contribution in [0, 0.1) is 0 Å². The van der Waals surface area contributed by atoms with Crippen molar-refractivity contribution in [3.8, 4) is 17.0 Å². The van der Waals surface area contributed by atoms with Gasteiger partial charge in [0.25, 0.3) is 5.91 Å². The van der Waals surface area contributed by atoms with Gasteiger partial charge in [-0.1, -0.05) is 12.1 Å². The number of ether oxygens (including phenoxy) is 1. The number of hydrogen-bond acceptors (Lipinski definition) is 5. The molecule has 1 atom stereocenters. The summed E-state index contributed by atoms with van der Waals surface area (Å²) in [5.74, 6) is 1.43. The molecule has 150 valence electrons. The number of fused-ring (bicyclic) bond motifs is 1. The van der Waals surface area contributed by atoms with Crippen LogP contribution in [0.2, 0.25) is 0 Å². The Labute approximate surface area is 173 Å². The fourth-order valence-corrected chi connectivity index (χ4v) is 3.76. The van der Waals surface area contributed by atoms with Gasteiger partial charge < -0.3 is 19.4 Å². The Morgan fingerprint density at radius 2 is 1.93 bits per heavy atom. The molecular formula is C23H20N4O3. The number of methoxy groups -OCH3 is 1. The Bertz CT molecular complexity index is 1170. The number of benzene rings is 2. The minimum Gasteiger partial charge on any atom is -0.497 e. The molecule has 30 heavy (non-hydrogen) atoms. The third-order valence-electron chi connectivity index (χ3n) is 5.27. The van der Waals surface area contributed by atoms with Gasteiger partial charge >= 0.3 is 0 Å². The number of para-hydroxylation sites is 1. The lowest BCUT2D eigenvalue weighted by Gasteiger charge is -2.37. The molecule has 1 aliphatic rings. The molecule has 0 radical (unpaired) electrons. The zero-order chi connectivity index (χ0) is 20.5. The zero-order valence-electron chi connectivity index (χ0n) is 16.3. The number of hydrogen-bond donors (Lipinski definition) is 2. The van der Waals surface area contributed by atoms with Crippen LogP contribution in [0.5, 0.6) is 5.75 Å². The van der Waals surface area contributed by atoms with Gasteiger partial charge in [-0.05, 0) is 48.5 Å². The Hall–Kier alpha value is -4.00. The lowest BCUT2D eigenvalue weighted by atomic mass is 10.0. The third kappa shape index (κ3) is 3.10. The van der Waals surface area contributed by atoms with Gasteiger partial charge in [0.15, 0.2) is 0 Å². The number of amides is 1. The molecule has 0 bridgehead atoms. The lowest BCUT2D eigenvalue weighted by Crippen LogP contribution is -2.42. The highest BCUT2D eigenvalue weighted by Gasteiger charge is 2.35. The van der Waals surface area contributed by atoms with Gasteiger partial charge in [-0.2, -0.15) is 5.10 Å². The number of aromatic nitrogens is 2. The van der Waals surface area contributed by atoms with Crippen molar-refractivity contribution in [3.63, 3.8) is 0 Å². The average Bonchev–Trinajstić information content (AvgIpc) is 3.48. The van der Waals surface area contributed by atoms with E-state index in [1.165, 1.54) is 0 Å². The third-order valence-corrected chi connectivity index (χ3v) is 5.27. The molecule has 0 saturated carbocycles. The number of nitrogens with zero attached hydrogens (tertiary/aromatic N) is 2. The van der Waals surface area contributed by atoms with E-state index >= 15 is 0 Å². The molecule has 5 rings (SSSR count). The van der Waals surface area contributed by atoms with E-state index in [-0.39, 0.29) is 5.91 Å². The molecule has 1 aliphatic heterocycles. The second-order valence-corrected chi connectivity index (χ2v) is 7.03. The fourth-order valence-electron chi connectivity index (χ4n) is 3.76. The molecule has 1 amide bonds. The standard InChI is InChI=1S/C23H20N4O3/c1-29-16-10-8-15(9-11-16)21-19(13-24-26-21)22-25-20-7-3-2-6-18(20)23(28)27(22)14-17-5-4-12-30-17/h2-13,22,25H,14H2,1H3,(H,24,26)/t22-/m1/s1. The summed E-state index contributed by atoms with van der Waals surface area (Å²) in [6.07, 6.45) is 2.96. The van der Waals surface area contributed by atoms with Crippen molar-refractivity contribution in [2.45, 2.75) is 12.7 Å². The number of H-pyrrole nitrogens is 1. The molecule has 2 N–H and O–H groups in total. The Balaban J connectivity index is 1.57. The van der Waals surface area contributed by atoms with Crippen molar-refractivity contribution < 1.29 is 13.9 Å². The Kier molecular flexibility index (Phi) is 4.48. The molecule has 3 heterocycles. The highest BCUT2D eigenvalue weighted by Crippen LogP contribution is 2.37.